The first-order valence-corrected chi connectivity index (χ1v) is 9.26. The molecule has 0 unspecified atom stereocenters. The normalized spacial score (nSPS) is 19.0. The molecule has 0 aromatic heterocycles. The molecule has 0 bridgehead atoms. The fraction of sp³-hybridized carbons (Fsp3) is 0.364. The van der Waals surface area contributed by atoms with Gasteiger partial charge in [0, 0.05) is 29.0 Å². The summed E-state index contributed by atoms with van der Waals surface area (Å²) in [7, 11) is 3.10. The summed E-state index contributed by atoms with van der Waals surface area (Å²) in [6.07, 6.45) is 3.52. The van der Waals surface area contributed by atoms with Gasteiger partial charge in [0.05, 0.1) is 25.7 Å². The van der Waals surface area contributed by atoms with E-state index in [1.165, 1.54) is 6.08 Å². The maximum absolute atomic E-state index is 12.9. The maximum atomic E-state index is 12.9. The van der Waals surface area contributed by atoms with Gasteiger partial charge in [-0.05, 0) is 25.8 Å². The lowest BCUT2D eigenvalue weighted by molar-refractivity contribution is -0.138. The molecule has 1 heterocycles. The number of benzene rings is 1. The second-order valence-corrected chi connectivity index (χ2v) is 6.74. The van der Waals surface area contributed by atoms with E-state index in [2.05, 4.69) is 11.9 Å². The van der Waals surface area contributed by atoms with Crippen molar-refractivity contribution in [2.75, 3.05) is 20.8 Å². The van der Waals surface area contributed by atoms with Crippen molar-refractivity contribution in [3.8, 4) is 11.5 Å². The smallest absolute Gasteiger partial charge is 0.337 e. The Balaban J connectivity index is 2.22. The summed E-state index contributed by atoms with van der Waals surface area (Å²) in [5.41, 5.74) is 3.26. The number of ketones is 1. The highest BCUT2D eigenvalue weighted by Gasteiger charge is 2.40. The minimum atomic E-state index is -0.577. The zero-order valence-corrected chi connectivity index (χ0v) is 16.5. The number of allylic oxidation sites excluding steroid dienone is 3. The molecule has 1 aliphatic heterocycles. The fourth-order valence-corrected chi connectivity index (χ4v) is 3.92. The molecule has 2 aliphatic rings. The summed E-state index contributed by atoms with van der Waals surface area (Å²) in [5.74, 6) is 0.0191. The van der Waals surface area contributed by atoms with E-state index < -0.39 is 11.9 Å². The van der Waals surface area contributed by atoms with Crippen LogP contribution in [0.4, 0.5) is 0 Å². The highest BCUT2D eigenvalue weighted by atomic mass is 16.5. The Morgan fingerprint density at radius 1 is 1.29 bits per heavy atom. The molecule has 1 atom stereocenters. The van der Waals surface area contributed by atoms with Crippen LogP contribution in [0.3, 0.4) is 0 Å². The number of carbonyl (C=O) groups excluding carboxylic acids is 2. The molecule has 148 valence electrons. The predicted octanol–water partition coefficient (Wildman–Crippen LogP) is 3.40. The fourth-order valence-electron chi connectivity index (χ4n) is 3.92. The third-order valence-electron chi connectivity index (χ3n) is 5.07. The van der Waals surface area contributed by atoms with Crippen molar-refractivity contribution in [1.29, 1.82) is 0 Å². The van der Waals surface area contributed by atoms with E-state index in [-0.39, 0.29) is 12.4 Å². The Morgan fingerprint density at radius 3 is 2.75 bits per heavy atom. The predicted molar refractivity (Wildman–Crippen MR) is 105 cm³/mol. The van der Waals surface area contributed by atoms with Crippen LogP contribution in [0, 0.1) is 0 Å². The number of ether oxygens (including phenoxy) is 3. The number of hydrogen-bond donors (Lipinski definition) is 1. The number of Topliss-reactive ketones (excluding diaryl/α,β-unsaturated/α-hetero) is 1. The summed E-state index contributed by atoms with van der Waals surface area (Å²) in [5, 5.41) is 3.26. The van der Waals surface area contributed by atoms with Crippen LogP contribution in [0.25, 0.3) is 0 Å². The lowest BCUT2D eigenvalue weighted by Crippen LogP contribution is -2.34. The van der Waals surface area contributed by atoms with Crippen LogP contribution in [0.1, 0.15) is 37.7 Å². The van der Waals surface area contributed by atoms with Crippen molar-refractivity contribution < 1.29 is 23.8 Å². The molecule has 0 fully saturated rings. The molecule has 0 radical (unpaired) electrons. The molecule has 0 saturated heterocycles. The van der Waals surface area contributed by atoms with Crippen molar-refractivity contribution in [2.45, 2.75) is 32.1 Å². The third-order valence-corrected chi connectivity index (χ3v) is 5.07. The minimum Gasteiger partial charge on any atom is -0.493 e. The Morgan fingerprint density at radius 2 is 2.07 bits per heavy atom. The van der Waals surface area contributed by atoms with Gasteiger partial charge in [-0.1, -0.05) is 24.8 Å². The third kappa shape index (κ3) is 3.42. The first-order chi connectivity index (χ1) is 13.5. The van der Waals surface area contributed by atoms with Crippen LogP contribution in [-0.2, 0) is 14.3 Å². The summed E-state index contributed by atoms with van der Waals surface area (Å²) < 4.78 is 16.4. The summed E-state index contributed by atoms with van der Waals surface area (Å²) in [6, 6.07) is 5.47. The van der Waals surface area contributed by atoms with E-state index >= 15 is 0 Å². The maximum Gasteiger partial charge on any atom is 0.337 e. The monoisotopic (exact) mass is 383 g/mol. The second-order valence-electron chi connectivity index (χ2n) is 6.74. The van der Waals surface area contributed by atoms with Crippen LogP contribution in [0.2, 0.25) is 0 Å². The van der Waals surface area contributed by atoms with Crippen molar-refractivity contribution in [1.82, 2.24) is 5.32 Å². The van der Waals surface area contributed by atoms with E-state index in [0.717, 1.165) is 18.5 Å². The highest BCUT2D eigenvalue weighted by molar-refractivity contribution is 6.04. The van der Waals surface area contributed by atoms with Gasteiger partial charge in [-0.15, -0.1) is 0 Å². The Labute approximate surface area is 164 Å². The molecule has 1 aliphatic carbocycles. The van der Waals surface area contributed by atoms with Gasteiger partial charge in [0.2, 0.25) is 0 Å². The van der Waals surface area contributed by atoms with Crippen LogP contribution >= 0.6 is 0 Å². The molecule has 1 aromatic carbocycles. The molecule has 6 heteroatoms. The summed E-state index contributed by atoms with van der Waals surface area (Å²) >= 11 is 0. The van der Waals surface area contributed by atoms with E-state index in [9.17, 15) is 9.59 Å². The van der Waals surface area contributed by atoms with Gasteiger partial charge >= 0.3 is 5.97 Å². The van der Waals surface area contributed by atoms with Crippen LogP contribution < -0.4 is 14.8 Å². The minimum absolute atomic E-state index is 0.0325. The number of hydrogen-bond acceptors (Lipinski definition) is 6. The average molecular weight is 383 g/mol. The van der Waals surface area contributed by atoms with E-state index in [1.54, 1.807) is 20.3 Å². The molecular formula is C22H25NO5. The van der Waals surface area contributed by atoms with Gasteiger partial charge in [-0.2, -0.15) is 0 Å². The molecule has 6 nitrogen and oxygen atoms in total. The molecule has 1 aromatic rings. The molecule has 28 heavy (non-hydrogen) atoms. The molecule has 0 spiro atoms. The van der Waals surface area contributed by atoms with Crippen molar-refractivity contribution >= 4 is 11.8 Å². The topological polar surface area (TPSA) is 73.9 Å². The van der Waals surface area contributed by atoms with Crippen molar-refractivity contribution in [2.24, 2.45) is 0 Å². The van der Waals surface area contributed by atoms with Gasteiger partial charge < -0.3 is 19.5 Å². The van der Waals surface area contributed by atoms with Gasteiger partial charge in [0.15, 0.2) is 17.3 Å². The quantitative estimate of drug-likeness (QED) is 0.600. The standard InChI is InChI=1S/C22H25NO5/c1-5-12-28-22(25)18-13(2)23-15-9-7-10-16(24)20(15)19(18)14-8-6-11-17(26-3)21(14)27-4/h5-6,8,11,19,23H,1,7,9-10,12H2,2-4H3/t19-/m1/s1. The van der Waals surface area contributed by atoms with E-state index in [1.807, 2.05) is 19.1 Å². The zero-order chi connectivity index (χ0) is 20.3. The number of dihydropyridines is 1. The molecule has 1 N–H and O–H groups in total. The van der Waals surface area contributed by atoms with Gasteiger partial charge in [0.25, 0.3) is 0 Å². The summed E-state index contributed by atoms with van der Waals surface area (Å²) in [6.45, 7) is 5.51. The number of para-hydroxylation sites is 1. The lowest BCUT2D eigenvalue weighted by atomic mass is 9.75. The molecule has 0 saturated carbocycles. The number of rotatable bonds is 6. The average Bonchev–Trinajstić information content (AvgIpc) is 2.70. The number of carbonyl (C=O) groups is 2. The van der Waals surface area contributed by atoms with Crippen molar-refractivity contribution in [3.63, 3.8) is 0 Å². The van der Waals surface area contributed by atoms with Crippen LogP contribution in [0.5, 0.6) is 11.5 Å². The molecule has 3 rings (SSSR count). The van der Waals surface area contributed by atoms with Gasteiger partial charge in [0.1, 0.15) is 6.61 Å². The van der Waals surface area contributed by atoms with Crippen LogP contribution in [-0.4, -0.2) is 32.6 Å². The Hall–Kier alpha value is -3.02. The first kappa shape index (κ1) is 19.7. The van der Waals surface area contributed by atoms with Crippen molar-refractivity contribution in [3.05, 3.63) is 59.0 Å². The Bertz CT molecular complexity index is 881. The first-order valence-electron chi connectivity index (χ1n) is 9.26. The Kier molecular flexibility index (Phi) is 5.87. The second kappa shape index (κ2) is 8.33. The van der Waals surface area contributed by atoms with Gasteiger partial charge in [-0.3, -0.25) is 4.79 Å². The number of esters is 1. The summed E-state index contributed by atoms with van der Waals surface area (Å²) in [4.78, 5) is 25.8. The molecular weight excluding hydrogens is 358 g/mol. The van der Waals surface area contributed by atoms with E-state index in [4.69, 9.17) is 14.2 Å². The highest BCUT2D eigenvalue weighted by Crippen LogP contribution is 2.47. The largest absolute Gasteiger partial charge is 0.493 e. The SMILES string of the molecule is C=CCOC(=O)C1=C(C)NC2=C(C(=O)CCC2)[C@@H]1c1cccc(OC)c1OC. The van der Waals surface area contributed by atoms with E-state index in [0.29, 0.717) is 40.3 Å². The van der Waals surface area contributed by atoms with Crippen LogP contribution in [0.15, 0.2) is 53.4 Å². The van der Waals surface area contributed by atoms with Gasteiger partial charge in [-0.25, -0.2) is 4.79 Å². The number of methoxy groups -OCH3 is 2. The number of nitrogens with one attached hydrogen (secondary N) is 1. The molecule has 0 amide bonds. The lowest BCUT2D eigenvalue weighted by Gasteiger charge is -2.34. The zero-order valence-electron chi connectivity index (χ0n) is 16.5.